The molecule has 0 aliphatic rings. The number of hydrogen-bond donors (Lipinski definition) is 0. The molecule has 0 rings (SSSR count). The van der Waals surface area contributed by atoms with Gasteiger partial charge in [-0.2, -0.15) is 0 Å². The van der Waals surface area contributed by atoms with Gasteiger partial charge >= 0.3 is 6.47 Å². The van der Waals surface area contributed by atoms with E-state index in [1.165, 1.54) is 5.06 Å². The molecule has 0 heterocycles. The van der Waals surface area contributed by atoms with Crippen molar-refractivity contribution < 1.29 is 14.4 Å². The average Bonchev–Trinajstić information content (AvgIpc) is 1.99. The molecule has 0 aliphatic carbocycles. The van der Waals surface area contributed by atoms with Crippen molar-refractivity contribution >= 4 is 29.1 Å². The lowest BCUT2D eigenvalue weighted by molar-refractivity contribution is -0.169. The Morgan fingerprint density at radius 2 is 2.27 bits per heavy atom. The number of nitrogens with zero attached hydrogens (tertiary/aromatic N) is 1. The van der Waals surface area contributed by atoms with Crippen molar-refractivity contribution in [2.45, 2.75) is 0 Å². The molecule has 0 saturated carbocycles. The molecule has 0 aromatic heterocycles. The van der Waals surface area contributed by atoms with Gasteiger partial charge in [0.25, 0.3) is 0 Å². The lowest BCUT2D eigenvalue weighted by Crippen LogP contribution is -2.23. The predicted octanol–water partition coefficient (Wildman–Crippen LogP) is 0.458. The maximum absolute atomic E-state index is 9.80. The van der Waals surface area contributed by atoms with Crippen molar-refractivity contribution in [3.8, 4) is 0 Å². The van der Waals surface area contributed by atoms with Gasteiger partial charge in [0.15, 0.2) is 0 Å². The third kappa shape index (κ3) is 8.02. The molecule has 0 aromatic carbocycles. The Morgan fingerprint density at radius 1 is 1.55 bits per heavy atom. The van der Waals surface area contributed by atoms with Gasteiger partial charge in [0, 0.05) is 11.5 Å². The number of hydrogen-bond acceptors (Lipinski definition) is 4. The van der Waals surface area contributed by atoms with E-state index in [2.05, 4.69) is 27.4 Å². The molecular formula is C6H12INO3. The molecule has 0 aromatic rings. The van der Waals surface area contributed by atoms with Gasteiger partial charge in [-0.25, -0.2) is 0 Å². The number of ether oxygens (including phenoxy) is 1. The van der Waals surface area contributed by atoms with Crippen LogP contribution in [0.1, 0.15) is 0 Å². The molecule has 0 bridgehead atoms. The Hall–Kier alpha value is 0.120. The first kappa shape index (κ1) is 11.1. The van der Waals surface area contributed by atoms with Crippen molar-refractivity contribution in [2.24, 2.45) is 0 Å². The topological polar surface area (TPSA) is 38.8 Å². The molecule has 0 N–H and O–H groups in total. The van der Waals surface area contributed by atoms with Crippen LogP contribution < -0.4 is 0 Å². The van der Waals surface area contributed by atoms with Crippen LogP contribution in [0.15, 0.2) is 0 Å². The van der Waals surface area contributed by atoms with Crippen LogP contribution in [0.25, 0.3) is 0 Å². The number of carbonyl (C=O) groups excluding carboxylic acids is 1. The van der Waals surface area contributed by atoms with Crippen LogP contribution in [0.3, 0.4) is 0 Å². The van der Waals surface area contributed by atoms with Crippen LogP contribution in [-0.4, -0.2) is 42.8 Å². The summed E-state index contributed by atoms with van der Waals surface area (Å²) in [4.78, 5) is 14.3. The molecule has 0 radical (unpaired) electrons. The highest BCUT2D eigenvalue weighted by atomic mass is 127. The second-order valence-corrected chi connectivity index (χ2v) is 2.93. The minimum atomic E-state index is 0.401. The highest BCUT2D eigenvalue weighted by Gasteiger charge is 1.95. The van der Waals surface area contributed by atoms with Crippen LogP contribution in [0.5, 0.6) is 0 Å². The summed E-state index contributed by atoms with van der Waals surface area (Å²) in [5.41, 5.74) is 0. The SMILES string of the molecule is CN(CCOCCI)OC=O. The fourth-order valence-electron chi connectivity index (χ4n) is 0.476. The van der Waals surface area contributed by atoms with Crippen molar-refractivity contribution in [1.29, 1.82) is 0 Å². The largest absolute Gasteiger partial charge is 0.379 e. The molecule has 0 spiro atoms. The molecule has 0 amide bonds. The van der Waals surface area contributed by atoms with E-state index in [1.807, 2.05) is 0 Å². The van der Waals surface area contributed by atoms with E-state index in [4.69, 9.17) is 4.74 Å². The fraction of sp³-hybridized carbons (Fsp3) is 0.833. The van der Waals surface area contributed by atoms with Crippen LogP contribution in [0, 0.1) is 0 Å². The molecule has 11 heavy (non-hydrogen) atoms. The zero-order valence-electron chi connectivity index (χ0n) is 6.46. The minimum absolute atomic E-state index is 0.401. The lowest BCUT2D eigenvalue weighted by Gasteiger charge is -2.11. The zero-order valence-corrected chi connectivity index (χ0v) is 8.61. The van der Waals surface area contributed by atoms with Crippen LogP contribution >= 0.6 is 22.6 Å². The van der Waals surface area contributed by atoms with Gasteiger partial charge in [-0.1, -0.05) is 22.6 Å². The van der Waals surface area contributed by atoms with Gasteiger partial charge in [-0.05, 0) is 0 Å². The van der Waals surface area contributed by atoms with Gasteiger partial charge < -0.3 is 9.57 Å². The van der Waals surface area contributed by atoms with Crippen LogP contribution in [0.2, 0.25) is 0 Å². The Bertz CT molecular complexity index is 102. The Balaban J connectivity index is 3.03. The number of hydroxylamine groups is 2. The van der Waals surface area contributed by atoms with E-state index in [1.54, 1.807) is 7.05 Å². The molecule has 0 saturated heterocycles. The van der Waals surface area contributed by atoms with Gasteiger partial charge in [0.05, 0.1) is 19.8 Å². The van der Waals surface area contributed by atoms with E-state index < -0.39 is 0 Å². The van der Waals surface area contributed by atoms with Crippen LogP contribution in [-0.2, 0) is 14.4 Å². The summed E-state index contributed by atoms with van der Waals surface area (Å²) >= 11 is 2.24. The number of alkyl halides is 1. The Morgan fingerprint density at radius 3 is 2.82 bits per heavy atom. The van der Waals surface area contributed by atoms with Crippen molar-refractivity contribution in [1.82, 2.24) is 5.06 Å². The number of halogens is 1. The maximum atomic E-state index is 9.80. The van der Waals surface area contributed by atoms with Crippen molar-refractivity contribution in [3.63, 3.8) is 0 Å². The lowest BCUT2D eigenvalue weighted by atomic mass is 10.7. The minimum Gasteiger partial charge on any atom is -0.379 e. The third-order valence-corrected chi connectivity index (χ3v) is 1.44. The summed E-state index contributed by atoms with van der Waals surface area (Å²) in [6.07, 6.45) is 0. The molecule has 5 heteroatoms. The summed E-state index contributed by atoms with van der Waals surface area (Å²) in [5.74, 6) is 0. The molecule has 0 atom stereocenters. The quantitative estimate of drug-likeness (QED) is 0.222. The predicted molar refractivity (Wildman–Crippen MR) is 49.5 cm³/mol. The highest BCUT2D eigenvalue weighted by molar-refractivity contribution is 14.1. The number of carbonyl (C=O) groups is 1. The van der Waals surface area contributed by atoms with E-state index in [0.29, 0.717) is 19.6 Å². The second kappa shape index (κ2) is 8.22. The second-order valence-electron chi connectivity index (χ2n) is 1.85. The standard InChI is InChI=1S/C6H12INO3/c1-8(11-6-9)3-5-10-4-2-7/h6H,2-5H2,1H3. The summed E-state index contributed by atoms with van der Waals surface area (Å²) in [6, 6.07) is 0. The summed E-state index contributed by atoms with van der Waals surface area (Å²) in [7, 11) is 1.68. The Labute approximate surface area is 79.9 Å². The molecular weight excluding hydrogens is 261 g/mol. The maximum Gasteiger partial charge on any atom is 0.312 e. The molecule has 0 unspecified atom stereocenters. The average molecular weight is 273 g/mol. The molecule has 4 nitrogen and oxygen atoms in total. The van der Waals surface area contributed by atoms with E-state index in [9.17, 15) is 4.79 Å². The summed E-state index contributed by atoms with van der Waals surface area (Å²) in [6.45, 7) is 2.34. The first-order valence-electron chi connectivity index (χ1n) is 3.26. The zero-order chi connectivity index (χ0) is 8.53. The van der Waals surface area contributed by atoms with Gasteiger partial charge in [0.1, 0.15) is 0 Å². The first-order valence-corrected chi connectivity index (χ1v) is 4.79. The van der Waals surface area contributed by atoms with Gasteiger partial charge in [-0.3, -0.25) is 4.79 Å². The highest BCUT2D eigenvalue weighted by Crippen LogP contribution is 1.85. The normalized spacial score (nSPS) is 10.1. The summed E-state index contributed by atoms with van der Waals surface area (Å²) < 4.78 is 6.14. The molecule has 66 valence electrons. The van der Waals surface area contributed by atoms with E-state index in [0.717, 1.165) is 11.0 Å². The monoisotopic (exact) mass is 273 g/mol. The van der Waals surface area contributed by atoms with Crippen LogP contribution in [0.4, 0.5) is 0 Å². The summed E-state index contributed by atoms with van der Waals surface area (Å²) in [5, 5.41) is 1.43. The smallest absolute Gasteiger partial charge is 0.312 e. The number of likely N-dealkylation sites (N-methyl/N-ethyl adjacent to an activating group) is 1. The number of rotatable bonds is 7. The van der Waals surface area contributed by atoms with Gasteiger partial charge in [-0.15, -0.1) is 5.06 Å². The van der Waals surface area contributed by atoms with Crippen molar-refractivity contribution in [2.75, 3.05) is 31.2 Å². The first-order chi connectivity index (χ1) is 5.31. The molecule has 0 aliphatic heterocycles. The van der Waals surface area contributed by atoms with Gasteiger partial charge in [0.2, 0.25) is 0 Å². The Kier molecular flexibility index (Phi) is 8.31. The molecule has 0 fully saturated rings. The fourth-order valence-corrected chi connectivity index (χ4v) is 0.787. The van der Waals surface area contributed by atoms with E-state index in [-0.39, 0.29) is 0 Å². The van der Waals surface area contributed by atoms with Crippen molar-refractivity contribution in [3.05, 3.63) is 0 Å². The third-order valence-electron chi connectivity index (χ3n) is 0.995. The van der Waals surface area contributed by atoms with E-state index >= 15 is 0 Å².